The molecular weight excluding hydrogens is 602 g/mol. The third kappa shape index (κ3) is 4.81. The molecule has 0 heterocycles. The molecule has 0 radical (unpaired) electrons. The number of benzene rings is 6. The molecule has 1 N–H and O–H groups in total. The van der Waals surface area contributed by atoms with Crippen molar-refractivity contribution in [1.29, 1.82) is 0 Å². The molecular formula is C45H29NO3. The van der Waals surface area contributed by atoms with Crippen LogP contribution in [0, 0.1) is 0 Å². The molecule has 0 amide bonds. The highest BCUT2D eigenvalue weighted by Crippen LogP contribution is 2.42. The molecule has 0 saturated heterocycles. The number of ketones is 2. The number of hydrogen-bond acceptors (Lipinski definition) is 4. The van der Waals surface area contributed by atoms with Crippen molar-refractivity contribution in [2.45, 2.75) is 6.10 Å². The number of Topliss-reactive ketones (excluding diaryl/α,β-unsaturated/α-hetero) is 2. The summed E-state index contributed by atoms with van der Waals surface area (Å²) in [6, 6.07) is 47.6. The second-order valence-electron chi connectivity index (χ2n) is 12.6. The van der Waals surface area contributed by atoms with Crippen LogP contribution in [0.15, 0.2) is 146 Å². The van der Waals surface area contributed by atoms with Crippen molar-refractivity contribution in [3.05, 3.63) is 196 Å². The maximum atomic E-state index is 13.2. The van der Waals surface area contributed by atoms with Crippen LogP contribution in [-0.4, -0.2) is 16.7 Å². The minimum absolute atomic E-state index is 0.0369. The zero-order valence-corrected chi connectivity index (χ0v) is 26.4. The van der Waals surface area contributed by atoms with Crippen molar-refractivity contribution in [2.75, 3.05) is 4.90 Å². The quantitative estimate of drug-likeness (QED) is 0.199. The van der Waals surface area contributed by atoms with Gasteiger partial charge in [-0.3, -0.25) is 9.59 Å². The minimum Gasteiger partial charge on any atom is -0.384 e. The molecule has 0 aromatic heterocycles. The Morgan fingerprint density at radius 3 is 1.29 bits per heavy atom. The van der Waals surface area contributed by atoms with Crippen LogP contribution in [0.1, 0.15) is 65.8 Å². The molecule has 1 atom stereocenters. The fourth-order valence-corrected chi connectivity index (χ4v) is 7.20. The number of carbonyl (C=O) groups excluding carboxylic acids is 2. The first kappa shape index (κ1) is 28.8. The van der Waals surface area contributed by atoms with Gasteiger partial charge in [0.1, 0.15) is 6.10 Å². The molecule has 0 saturated carbocycles. The fraction of sp³-hybridized carbons (Fsp3) is 0.0222. The van der Waals surface area contributed by atoms with E-state index in [-0.39, 0.29) is 11.6 Å². The second kappa shape index (κ2) is 11.4. The van der Waals surface area contributed by atoms with Crippen molar-refractivity contribution >= 4 is 63.6 Å². The summed E-state index contributed by atoms with van der Waals surface area (Å²) in [7, 11) is 0. The van der Waals surface area contributed by atoms with Crippen LogP contribution in [-0.2, 0) is 0 Å². The lowest BCUT2D eigenvalue weighted by Gasteiger charge is -2.26. The third-order valence-electron chi connectivity index (χ3n) is 9.73. The summed E-state index contributed by atoms with van der Waals surface area (Å²) in [4.78, 5) is 28.6. The van der Waals surface area contributed by atoms with Gasteiger partial charge in [-0.05, 0) is 99.1 Å². The first-order valence-electron chi connectivity index (χ1n) is 16.3. The van der Waals surface area contributed by atoms with Crippen LogP contribution >= 0.6 is 0 Å². The summed E-state index contributed by atoms with van der Waals surface area (Å²) in [5.41, 5.74) is 13.0. The monoisotopic (exact) mass is 631 g/mol. The highest BCUT2D eigenvalue weighted by molar-refractivity contribution is 6.38. The van der Waals surface area contributed by atoms with E-state index in [1.165, 1.54) is 0 Å². The number of aliphatic hydroxyl groups is 1. The first-order valence-corrected chi connectivity index (χ1v) is 16.3. The molecule has 4 heteroatoms. The molecule has 0 aliphatic heterocycles. The summed E-state index contributed by atoms with van der Waals surface area (Å²) in [6.45, 7) is 0. The maximum absolute atomic E-state index is 13.2. The van der Waals surface area contributed by atoms with Gasteiger partial charge in [0.2, 0.25) is 0 Å². The number of hydrogen-bond donors (Lipinski definition) is 1. The van der Waals surface area contributed by atoms with Gasteiger partial charge in [0.05, 0.1) is 0 Å². The molecule has 0 spiro atoms. The van der Waals surface area contributed by atoms with E-state index >= 15 is 0 Å². The SMILES string of the molecule is O=C1C(c2ccc(N(c3ccc(C4=Cc5ccccc5C4=O)cc3)c3ccc(C4=Cc5ccccc5C4O)cc3)cc2)=Cc2ccccc21. The molecule has 1 unspecified atom stereocenters. The van der Waals surface area contributed by atoms with Gasteiger partial charge in [-0.15, -0.1) is 0 Å². The van der Waals surface area contributed by atoms with Gasteiger partial charge in [-0.1, -0.05) is 109 Å². The maximum Gasteiger partial charge on any atom is 0.194 e. The Morgan fingerprint density at radius 1 is 0.429 bits per heavy atom. The van der Waals surface area contributed by atoms with E-state index in [0.29, 0.717) is 11.1 Å². The van der Waals surface area contributed by atoms with Gasteiger partial charge >= 0.3 is 0 Å². The Morgan fingerprint density at radius 2 is 0.837 bits per heavy atom. The summed E-state index contributed by atoms with van der Waals surface area (Å²) >= 11 is 0. The van der Waals surface area contributed by atoms with Crippen LogP contribution < -0.4 is 4.90 Å². The largest absolute Gasteiger partial charge is 0.384 e. The van der Waals surface area contributed by atoms with Crippen LogP contribution in [0.2, 0.25) is 0 Å². The average Bonchev–Trinajstić information content (AvgIpc) is 3.80. The van der Waals surface area contributed by atoms with E-state index in [9.17, 15) is 14.7 Å². The first-order chi connectivity index (χ1) is 24.0. The number of fused-ring (bicyclic) bond motifs is 3. The molecule has 0 fully saturated rings. The second-order valence-corrected chi connectivity index (χ2v) is 12.6. The Labute approximate surface area is 284 Å². The van der Waals surface area contributed by atoms with E-state index in [0.717, 1.165) is 72.7 Å². The lowest BCUT2D eigenvalue weighted by atomic mass is 9.99. The predicted octanol–water partition coefficient (Wildman–Crippen LogP) is 10.2. The zero-order chi connectivity index (χ0) is 33.1. The average molecular weight is 632 g/mol. The van der Waals surface area contributed by atoms with Gasteiger partial charge in [0.15, 0.2) is 11.6 Å². The summed E-state index contributed by atoms with van der Waals surface area (Å²) in [6.07, 6.45) is 5.31. The summed E-state index contributed by atoms with van der Waals surface area (Å²) < 4.78 is 0. The van der Waals surface area contributed by atoms with Crippen LogP contribution in [0.4, 0.5) is 17.1 Å². The number of nitrogens with zero attached hydrogens (tertiary/aromatic N) is 1. The van der Waals surface area contributed by atoms with Crippen LogP contribution in [0.5, 0.6) is 0 Å². The van der Waals surface area contributed by atoms with Crippen molar-refractivity contribution in [3.8, 4) is 0 Å². The highest BCUT2D eigenvalue weighted by atomic mass is 16.3. The topological polar surface area (TPSA) is 57.6 Å². The van der Waals surface area contributed by atoms with Crippen molar-refractivity contribution in [2.24, 2.45) is 0 Å². The van der Waals surface area contributed by atoms with E-state index in [4.69, 9.17) is 0 Å². The van der Waals surface area contributed by atoms with Gasteiger partial charge in [-0.25, -0.2) is 0 Å². The Bertz CT molecular complexity index is 2300. The Balaban J connectivity index is 1.07. The zero-order valence-electron chi connectivity index (χ0n) is 26.4. The Hall–Kier alpha value is -6.36. The fourth-order valence-electron chi connectivity index (χ4n) is 7.20. The van der Waals surface area contributed by atoms with E-state index in [1.807, 2.05) is 146 Å². The predicted molar refractivity (Wildman–Crippen MR) is 198 cm³/mol. The van der Waals surface area contributed by atoms with Crippen LogP contribution in [0.3, 0.4) is 0 Å². The molecule has 49 heavy (non-hydrogen) atoms. The number of anilines is 3. The number of allylic oxidation sites excluding steroid dienone is 2. The normalized spacial score (nSPS) is 15.7. The lowest BCUT2D eigenvalue weighted by Crippen LogP contribution is -2.10. The summed E-state index contributed by atoms with van der Waals surface area (Å²) in [5, 5.41) is 11.1. The number of rotatable bonds is 6. The molecule has 6 aromatic carbocycles. The molecule has 9 rings (SSSR count). The van der Waals surface area contributed by atoms with Crippen molar-refractivity contribution < 1.29 is 14.7 Å². The van der Waals surface area contributed by atoms with Gasteiger partial charge < -0.3 is 10.0 Å². The van der Waals surface area contributed by atoms with Gasteiger partial charge in [-0.2, -0.15) is 0 Å². The number of carbonyl (C=O) groups is 2. The van der Waals surface area contributed by atoms with Crippen molar-refractivity contribution in [3.63, 3.8) is 0 Å². The van der Waals surface area contributed by atoms with Crippen molar-refractivity contribution in [1.82, 2.24) is 0 Å². The molecule has 4 nitrogen and oxygen atoms in total. The molecule has 0 bridgehead atoms. The van der Waals surface area contributed by atoms with E-state index in [1.54, 1.807) is 0 Å². The highest BCUT2D eigenvalue weighted by Gasteiger charge is 2.26. The standard InChI is InChI=1S/C45H29NO3/c47-43-37-10-4-1-7-31(37)25-40(43)28-13-19-34(20-14-28)46(35-21-15-29(16-22-35)41-26-32-8-2-5-11-38(32)44(41)48)36-23-17-30(18-24-36)42-27-33-9-3-6-12-39(33)45(42)49/h1-27,43,47H. The van der Waals surface area contributed by atoms with Gasteiger partial charge in [0.25, 0.3) is 0 Å². The van der Waals surface area contributed by atoms with Gasteiger partial charge in [0, 0.05) is 39.3 Å². The Kier molecular flexibility index (Phi) is 6.71. The molecule has 232 valence electrons. The summed E-state index contributed by atoms with van der Waals surface area (Å²) in [5.74, 6) is 0.0738. The number of aliphatic hydroxyl groups excluding tert-OH is 1. The van der Waals surface area contributed by atoms with E-state index < -0.39 is 6.10 Å². The molecule has 6 aromatic rings. The van der Waals surface area contributed by atoms with Crippen LogP contribution in [0.25, 0.3) is 34.9 Å². The third-order valence-corrected chi connectivity index (χ3v) is 9.73. The molecule has 3 aliphatic rings. The smallest absolute Gasteiger partial charge is 0.194 e. The minimum atomic E-state index is -0.671. The van der Waals surface area contributed by atoms with E-state index in [2.05, 4.69) is 23.1 Å². The molecule has 3 aliphatic carbocycles. The lowest BCUT2D eigenvalue weighted by molar-refractivity contribution is 0.105.